The van der Waals surface area contributed by atoms with Crippen LogP contribution in [0.4, 0.5) is 0 Å². The molecule has 3 nitrogen and oxygen atoms in total. The lowest BCUT2D eigenvalue weighted by atomic mass is 10.3. The molecule has 0 saturated carbocycles. The van der Waals surface area contributed by atoms with Gasteiger partial charge in [0.1, 0.15) is 16.2 Å². The fraction of sp³-hybridized carbons (Fsp3) is 0.167. The van der Waals surface area contributed by atoms with Gasteiger partial charge in [0.25, 0.3) is 0 Å². The highest BCUT2D eigenvalue weighted by molar-refractivity contribution is 9.10. The molecule has 100 valence electrons. The molecule has 0 N–H and O–H groups in total. The van der Waals surface area contributed by atoms with Crippen molar-refractivity contribution in [2.24, 2.45) is 0 Å². The lowest BCUT2D eigenvalue weighted by Gasteiger charge is -2.09. The number of nitrogens with zero attached hydrogens (tertiary/aromatic N) is 2. The van der Waals surface area contributed by atoms with Gasteiger partial charge < -0.3 is 4.74 Å². The first-order valence-corrected chi connectivity index (χ1v) is 7.28. The molecule has 0 aliphatic carbocycles. The van der Waals surface area contributed by atoms with E-state index in [0.29, 0.717) is 43.5 Å². The van der Waals surface area contributed by atoms with Gasteiger partial charge in [0.2, 0.25) is 5.88 Å². The van der Waals surface area contributed by atoms with E-state index in [1.165, 1.54) is 6.07 Å². The van der Waals surface area contributed by atoms with Crippen molar-refractivity contribution < 1.29 is 4.74 Å². The Kier molecular flexibility index (Phi) is 4.90. The first-order chi connectivity index (χ1) is 8.99. The predicted molar refractivity (Wildman–Crippen MR) is 80.7 cm³/mol. The predicted octanol–water partition coefficient (Wildman–Crippen LogP) is 5.55. The van der Waals surface area contributed by atoms with Crippen molar-refractivity contribution in [3.8, 4) is 11.6 Å². The molecule has 0 bridgehead atoms. The highest BCUT2D eigenvalue weighted by Crippen LogP contribution is 2.36. The molecule has 0 aliphatic rings. The number of aromatic nitrogens is 2. The first-order valence-electron chi connectivity index (χ1n) is 5.35. The zero-order valence-electron chi connectivity index (χ0n) is 9.75. The van der Waals surface area contributed by atoms with Gasteiger partial charge in [0, 0.05) is 18.6 Å². The van der Waals surface area contributed by atoms with Crippen molar-refractivity contribution >= 4 is 50.7 Å². The summed E-state index contributed by atoms with van der Waals surface area (Å²) in [6.07, 6.45) is 0.699. The van der Waals surface area contributed by atoms with Gasteiger partial charge in [-0.05, 0) is 22.0 Å². The van der Waals surface area contributed by atoms with Gasteiger partial charge in [-0.2, -0.15) is 4.98 Å². The van der Waals surface area contributed by atoms with E-state index in [-0.39, 0.29) is 0 Å². The number of benzene rings is 1. The monoisotopic (exact) mass is 380 g/mol. The molecule has 0 spiro atoms. The lowest BCUT2D eigenvalue weighted by molar-refractivity contribution is 0.458. The van der Waals surface area contributed by atoms with Gasteiger partial charge in [-0.1, -0.05) is 41.7 Å². The SMILES string of the molecule is CCc1nc(Br)cc(Oc2cc(Cl)c(Cl)cc2Cl)n1. The summed E-state index contributed by atoms with van der Waals surface area (Å²) in [5, 5.41) is 1.10. The van der Waals surface area contributed by atoms with Gasteiger partial charge in [0.05, 0.1) is 15.1 Å². The second-order valence-corrected chi connectivity index (χ2v) is 5.63. The summed E-state index contributed by atoms with van der Waals surface area (Å²) in [5.41, 5.74) is 0. The van der Waals surface area contributed by atoms with Gasteiger partial charge in [-0.3, -0.25) is 0 Å². The summed E-state index contributed by atoms with van der Waals surface area (Å²) in [5.74, 6) is 1.45. The van der Waals surface area contributed by atoms with Crippen LogP contribution < -0.4 is 4.74 Å². The fourth-order valence-electron chi connectivity index (χ4n) is 1.35. The van der Waals surface area contributed by atoms with Crippen LogP contribution in [0.15, 0.2) is 22.8 Å². The topological polar surface area (TPSA) is 35.0 Å². The Bertz CT molecular complexity index is 622. The number of hydrogen-bond donors (Lipinski definition) is 0. The summed E-state index contributed by atoms with van der Waals surface area (Å²) in [6, 6.07) is 4.73. The average Bonchev–Trinajstić information content (AvgIpc) is 2.35. The molecule has 0 amide bonds. The molecular weight excluding hydrogens is 374 g/mol. The van der Waals surface area contributed by atoms with Crippen LogP contribution in [0.5, 0.6) is 11.6 Å². The Labute approximate surface area is 134 Å². The van der Waals surface area contributed by atoms with E-state index in [9.17, 15) is 0 Å². The average molecular weight is 382 g/mol. The van der Waals surface area contributed by atoms with E-state index in [4.69, 9.17) is 39.5 Å². The molecule has 0 aliphatic heterocycles. The molecule has 2 rings (SSSR count). The number of halogens is 4. The van der Waals surface area contributed by atoms with Crippen molar-refractivity contribution in [2.45, 2.75) is 13.3 Å². The molecule has 0 unspecified atom stereocenters. The maximum Gasteiger partial charge on any atom is 0.223 e. The summed E-state index contributed by atoms with van der Waals surface area (Å²) in [4.78, 5) is 8.44. The standard InChI is InChI=1S/C12H8BrCl3N2O/c1-2-11-17-10(13)5-12(18-11)19-9-4-7(15)6(14)3-8(9)16/h3-5H,2H2,1H3. The number of ether oxygens (including phenoxy) is 1. The molecule has 0 atom stereocenters. The van der Waals surface area contributed by atoms with Crippen LogP contribution in [0.1, 0.15) is 12.7 Å². The zero-order chi connectivity index (χ0) is 14.0. The molecule has 0 saturated heterocycles. The number of hydrogen-bond acceptors (Lipinski definition) is 3. The van der Waals surface area contributed by atoms with Gasteiger partial charge >= 0.3 is 0 Å². The fourth-order valence-corrected chi connectivity index (χ4v) is 2.32. The largest absolute Gasteiger partial charge is 0.437 e. The first kappa shape index (κ1) is 14.9. The van der Waals surface area contributed by atoms with Gasteiger partial charge in [-0.15, -0.1) is 0 Å². The third-order valence-electron chi connectivity index (χ3n) is 2.22. The normalized spacial score (nSPS) is 10.6. The van der Waals surface area contributed by atoms with Crippen molar-refractivity contribution in [1.82, 2.24) is 9.97 Å². The van der Waals surface area contributed by atoms with Crippen molar-refractivity contribution in [3.05, 3.63) is 43.7 Å². The van der Waals surface area contributed by atoms with E-state index in [1.54, 1.807) is 12.1 Å². The second kappa shape index (κ2) is 6.27. The van der Waals surface area contributed by atoms with Crippen molar-refractivity contribution in [2.75, 3.05) is 0 Å². The molecule has 0 radical (unpaired) electrons. The number of rotatable bonds is 3. The Hall–Kier alpha value is -0.550. The van der Waals surface area contributed by atoms with Gasteiger partial charge in [-0.25, -0.2) is 4.98 Å². The molecule has 1 aromatic carbocycles. The molecule has 1 heterocycles. The molecule has 7 heteroatoms. The minimum absolute atomic E-state index is 0.363. The zero-order valence-corrected chi connectivity index (χ0v) is 13.6. The maximum absolute atomic E-state index is 6.04. The van der Waals surface area contributed by atoms with Crippen LogP contribution in [0.25, 0.3) is 0 Å². The summed E-state index contributed by atoms with van der Waals surface area (Å²) >= 11 is 21.1. The van der Waals surface area contributed by atoms with Crippen LogP contribution in [-0.2, 0) is 6.42 Å². The summed E-state index contributed by atoms with van der Waals surface area (Å²) in [7, 11) is 0. The van der Waals surface area contributed by atoms with Gasteiger partial charge in [0.15, 0.2) is 0 Å². The molecule has 1 aromatic heterocycles. The molecule has 19 heavy (non-hydrogen) atoms. The molecule has 2 aromatic rings. The van der Waals surface area contributed by atoms with E-state index in [0.717, 1.165) is 0 Å². The van der Waals surface area contributed by atoms with E-state index < -0.39 is 0 Å². The van der Waals surface area contributed by atoms with Crippen LogP contribution in [0.2, 0.25) is 15.1 Å². The summed E-state index contributed by atoms with van der Waals surface area (Å²) < 4.78 is 6.26. The molecular formula is C12H8BrCl3N2O. The highest BCUT2D eigenvalue weighted by Gasteiger charge is 2.10. The minimum atomic E-state index is 0.363. The third-order valence-corrected chi connectivity index (χ3v) is 3.65. The van der Waals surface area contributed by atoms with E-state index in [2.05, 4.69) is 25.9 Å². The van der Waals surface area contributed by atoms with Crippen molar-refractivity contribution in [1.29, 1.82) is 0 Å². The Balaban J connectivity index is 2.36. The van der Waals surface area contributed by atoms with Crippen LogP contribution in [0.3, 0.4) is 0 Å². The number of aryl methyl sites for hydroxylation is 1. The Morgan fingerprint density at radius 3 is 2.42 bits per heavy atom. The van der Waals surface area contributed by atoms with Crippen LogP contribution >= 0.6 is 50.7 Å². The van der Waals surface area contributed by atoms with Crippen molar-refractivity contribution in [3.63, 3.8) is 0 Å². The second-order valence-electron chi connectivity index (χ2n) is 3.60. The summed E-state index contributed by atoms with van der Waals surface area (Å²) in [6.45, 7) is 1.96. The van der Waals surface area contributed by atoms with Crippen LogP contribution in [0, 0.1) is 0 Å². The quantitative estimate of drug-likeness (QED) is 0.515. The van der Waals surface area contributed by atoms with Crippen LogP contribution in [-0.4, -0.2) is 9.97 Å². The minimum Gasteiger partial charge on any atom is -0.437 e. The smallest absolute Gasteiger partial charge is 0.223 e. The molecule has 0 fully saturated rings. The maximum atomic E-state index is 6.04. The van der Waals surface area contributed by atoms with E-state index >= 15 is 0 Å². The Morgan fingerprint density at radius 1 is 1.05 bits per heavy atom. The highest BCUT2D eigenvalue weighted by atomic mass is 79.9. The van der Waals surface area contributed by atoms with E-state index in [1.807, 2.05) is 6.92 Å². The Morgan fingerprint density at radius 2 is 1.74 bits per heavy atom. The third kappa shape index (κ3) is 3.72. The lowest BCUT2D eigenvalue weighted by Crippen LogP contribution is -1.97.